The van der Waals surface area contributed by atoms with E-state index in [1.165, 1.54) is 90.6 Å². The Balaban J connectivity index is 1.47. The summed E-state index contributed by atoms with van der Waals surface area (Å²) in [5.74, 6) is 0. The standard InChI is InChI=1S/C22H36N2/c1-3-5-7-9-11-23-15-19-13-21-17-24(12-10-8-6-4-2)18-22(21)14-20(19)16-23/h13-14H,3-12,15-18H2,1-2H3. The van der Waals surface area contributed by atoms with E-state index in [0.717, 1.165) is 0 Å². The zero-order valence-corrected chi connectivity index (χ0v) is 15.9. The predicted octanol–water partition coefficient (Wildman–Crippen LogP) is 5.48. The lowest BCUT2D eigenvalue weighted by molar-refractivity contribution is 0.273. The van der Waals surface area contributed by atoms with Crippen LogP contribution in [-0.4, -0.2) is 22.9 Å². The monoisotopic (exact) mass is 328 g/mol. The van der Waals surface area contributed by atoms with Gasteiger partial charge in [-0.25, -0.2) is 0 Å². The molecule has 2 heterocycles. The van der Waals surface area contributed by atoms with Crippen LogP contribution >= 0.6 is 0 Å². The molecule has 0 atom stereocenters. The van der Waals surface area contributed by atoms with Crippen molar-refractivity contribution in [1.29, 1.82) is 0 Å². The first-order chi connectivity index (χ1) is 11.8. The van der Waals surface area contributed by atoms with Crippen molar-refractivity contribution >= 4 is 0 Å². The Bertz CT molecular complexity index is 445. The van der Waals surface area contributed by atoms with Gasteiger partial charge in [0.25, 0.3) is 0 Å². The summed E-state index contributed by atoms with van der Waals surface area (Å²) in [6.45, 7) is 11.9. The van der Waals surface area contributed by atoms with Crippen LogP contribution < -0.4 is 0 Å². The molecule has 0 N–H and O–H groups in total. The molecule has 0 saturated heterocycles. The van der Waals surface area contributed by atoms with Crippen LogP contribution in [0.3, 0.4) is 0 Å². The van der Waals surface area contributed by atoms with Crippen molar-refractivity contribution in [2.24, 2.45) is 0 Å². The lowest BCUT2D eigenvalue weighted by Crippen LogP contribution is -2.18. The van der Waals surface area contributed by atoms with Crippen LogP contribution in [0.1, 0.15) is 87.5 Å². The molecule has 0 bridgehead atoms. The zero-order chi connectivity index (χ0) is 16.8. The summed E-state index contributed by atoms with van der Waals surface area (Å²) >= 11 is 0. The average Bonchev–Trinajstić information content (AvgIpc) is 3.15. The summed E-state index contributed by atoms with van der Waals surface area (Å²) in [6.07, 6.45) is 11.0. The summed E-state index contributed by atoms with van der Waals surface area (Å²) < 4.78 is 0. The first-order valence-corrected chi connectivity index (χ1v) is 10.4. The Morgan fingerprint density at radius 2 is 0.958 bits per heavy atom. The molecular weight excluding hydrogens is 292 g/mol. The van der Waals surface area contributed by atoms with E-state index in [1.807, 2.05) is 0 Å². The fourth-order valence-corrected chi connectivity index (χ4v) is 4.30. The second-order valence-corrected chi connectivity index (χ2v) is 7.93. The van der Waals surface area contributed by atoms with Gasteiger partial charge in [-0.2, -0.15) is 0 Å². The van der Waals surface area contributed by atoms with Crippen molar-refractivity contribution in [3.63, 3.8) is 0 Å². The fourth-order valence-electron chi connectivity index (χ4n) is 4.30. The van der Waals surface area contributed by atoms with Crippen LogP contribution in [0.15, 0.2) is 12.1 Å². The van der Waals surface area contributed by atoms with Crippen molar-refractivity contribution in [3.05, 3.63) is 34.4 Å². The third-order valence-corrected chi connectivity index (χ3v) is 5.75. The van der Waals surface area contributed by atoms with Gasteiger partial charge in [0.05, 0.1) is 0 Å². The van der Waals surface area contributed by atoms with E-state index in [1.54, 1.807) is 22.3 Å². The second-order valence-electron chi connectivity index (χ2n) is 7.93. The molecule has 0 radical (unpaired) electrons. The molecule has 0 spiro atoms. The van der Waals surface area contributed by atoms with Crippen molar-refractivity contribution < 1.29 is 0 Å². The van der Waals surface area contributed by atoms with Gasteiger partial charge in [-0.3, -0.25) is 9.80 Å². The van der Waals surface area contributed by atoms with Crippen LogP contribution in [0.5, 0.6) is 0 Å². The molecule has 0 amide bonds. The maximum absolute atomic E-state index is 2.65. The Kier molecular flexibility index (Phi) is 6.74. The Morgan fingerprint density at radius 3 is 1.29 bits per heavy atom. The molecule has 0 aliphatic carbocycles. The van der Waals surface area contributed by atoms with E-state index in [9.17, 15) is 0 Å². The molecule has 2 aliphatic heterocycles. The number of unbranched alkanes of at least 4 members (excludes halogenated alkanes) is 6. The average molecular weight is 329 g/mol. The highest BCUT2D eigenvalue weighted by atomic mass is 15.1. The summed E-state index contributed by atoms with van der Waals surface area (Å²) in [6, 6.07) is 5.06. The van der Waals surface area contributed by atoms with Crippen molar-refractivity contribution in [1.82, 2.24) is 9.80 Å². The molecular formula is C22H36N2. The molecule has 0 aromatic heterocycles. The minimum Gasteiger partial charge on any atom is -0.295 e. The summed E-state index contributed by atoms with van der Waals surface area (Å²) in [5.41, 5.74) is 6.43. The zero-order valence-electron chi connectivity index (χ0n) is 15.9. The number of benzene rings is 1. The molecule has 0 fully saturated rings. The van der Waals surface area contributed by atoms with E-state index in [4.69, 9.17) is 0 Å². The second kappa shape index (κ2) is 9.01. The first-order valence-electron chi connectivity index (χ1n) is 10.4. The Hall–Kier alpha value is -0.860. The molecule has 24 heavy (non-hydrogen) atoms. The van der Waals surface area contributed by atoms with Gasteiger partial charge in [-0.15, -0.1) is 0 Å². The van der Waals surface area contributed by atoms with E-state index >= 15 is 0 Å². The van der Waals surface area contributed by atoms with Crippen molar-refractivity contribution in [2.45, 2.75) is 91.4 Å². The number of hydrogen-bond donors (Lipinski definition) is 0. The Labute approximate surface area is 149 Å². The van der Waals surface area contributed by atoms with Crippen LogP contribution in [0.4, 0.5) is 0 Å². The normalized spacial score (nSPS) is 17.4. The lowest BCUT2D eigenvalue weighted by Gasteiger charge is -2.15. The SMILES string of the molecule is CCCCCCN1Cc2cc3c(cc2C1)CN(CCCCCC)C3. The molecule has 1 aromatic rings. The molecule has 2 aliphatic rings. The van der Waals surface area contributed by atoms with Crippen molar-refractivity contribution in [2.75, 3.05) is 13.1 Å². The van der Waals surface area contributed by atoms with Gasteiger partial charge in [0.1, 0.15) is 0 Å². The highest BCUT2D eigenvalue weighted by Crippen LogP contribution is 2.31. The minimum atomic E-state index is 1.19. The smallest absolute Gasteiger partial charge is 0.0240 e. The highest BCUT2D eigenvalue weighted by Gasteiger charge is 2.24. The van der Waals surface area contributed by atoms with Gasteiger partial charge in [0.15, 0.2) is 0 Å². The van der Waals surface area contributed by atoms with Gasteiger partial charge in [0, 0.05) is 26.2 Å². The first kappa shape index (κ1) is 17.9. The van der Waals surface area contributed by atoms with Gasteiger partial charge < -0.3 is 0 Å². The molecule has 3 rings (SSSR count). The van der Waals surface area contributed by atoms with E-state index < -0.39 is 0 Å². The van der Waals surface area contributed by atoms with Gasteiger partial charge >= 0.3 is 0 Å². The maximum Gasteiger partial charge on any atom is 0.0240 e. The largest absolute Gasteiger partial charge is 0.295 e. The topological polar surface area (TPSA) is 6.48 Å². The van der Waals surface area contributed by atoms with E-state index in [2.05, 4.69) is 35.8 Å². The molecule has 0 saturated carbocycles. The van der Waals surface area contributed by atoms with Crippen molar-refractivity contribution in [3.8, 4) is 0 Å². The van der Waals surface area contributed by atoms with Gasteiger partial charge in [0.2, 0.25) is 0 Å². The fraction of sp³-hybridized carbons (Fsp3) is 0.727. The van der Waals surface area contributed by atoms with Crippen LogP contribution in [0, 0.1) is 0 Å². The van der Waals surface area contributed by atoms with E-state index in [0.29, 0.717) is 0 Å². The molecule has 2 heteroatoms. The minimum absolute atomic E-state index is 1.19. The highest BCUT2D eigenvalue weighted by molar-refractivity contribution is 5.42. The quantitative estimate of drug-likeness (QED) is 0.525. The molecule has 134 valence electrons. The molecule has 0 unspecified atom stereocenters. The predicted molar refractivity (Wildman–Crippen MR) is 103 cm³/mol. The summed E-state index contributed by atoms with van der Waals surface area (Å²) in [4.78, 5) is 5.30. The number of hydrogen-bond acceptors (Lipinski definition) is 2. The van der Waals surface area contributed by atoms with Crippen LogP contribution in [0.2, 0.25) is 0 Å². The van der Waals surface area contributed by atoms with Crippen LogP contribution in [-0.2, 0) is 26.2 Å². The van der Waals surface area contributed by atoms with Gasteiger partial charge in [-0.05, 0) is 48.2 Å². The third-order valence-electron chi connectivity index (χ3n) is 5.75. The molecule has 1 aromatic carbocycles. The number of nitrogens with zero attached hydrogens (tertiary/aromatic N) is 2. The molecule has 2 nitrogen and oxygen atoms in total. The third kappa shape index (κ3) is 4.61. The number of rotatable bonds is 10. The lowest BCUT2D eigenvalue weighted by atomic mass is 10.0. The summed E-state index contributed by atoms with van der Waals surface area (Å²) in [5, 5.41) is 0. The number of fused-ring (bicyclic) bond motifs is 2. The Morgan fingerprint density at radius 1 is 0.583 bits per heavy atom. The van der Waals surface area contributed by atoms with Crippen LogP contribution in [0.25, 0.3) is 0 Å². The van der Waals surface area contributed by atoms with Gasteiger partial charge in [-0.1, -0.05) is 64.5 Å². The summed E-state index contributed by atoms with van der Waals surface area (Å²) in [7, 11) is 0. The van der Waals surface area contributed by atoms with E-state index in [-0.39, 0.29) is 0 Å². The maximum atomic E-state index is 2.65.